The number of hydrogen-bond acceptors (Lipinski definition) is 3. The Kier molecular flexibility index (Phi) is 3.24. The zero-order valence-electron chi connectivity index (χ0n) is 10.9. The minimum atomic E-state index is -0.229. The van der Waals surface area contributed by atoms with Crippen molar-refractivity contribution in [3.05, 3.63) is 23.3 Å². The Labute approximate surface area is 107 Å². The zero-order chi connectivity index (χ0) is 13.3. The van der Waals surface area contributed by atoms with E-state index in [4.69, 9.17) is 5.26 Å². The Morgan fingerprint density at radius 2 is 2.06 bits per heavy atom. The van der Waals surface area contributed by atoms with Crippen molar-refractivity contribution in [1.29, 1.82) is 5.26 Å². The molecule has 0 saturated carbocycles. The van der Waals surface area contributed by atoms with Gasteiger partial charge in [-0.15, -0.1) is 0 Å². The number of hydrogen-bond donors (Lipinski definition) is 1. The summed E-state index contributed by atoms with van der Waals surface area (Å²) in [7, 11) is 0. The number of nitrogens with one attached hydrogen (secondary N) is 1. The fraction of sp³-hybridized carbons (Fsp3) is 0.429. The summed E-state index contributed by atoms with van der Waals surface area (Å²) in [6.07, 6.45) is 0.715. The molecule has 0 aliphatic carbocycles. The molecular formula is C14H17N3O. The molecule has 0 saturated heterocycles. The molecule has 0 radical (unpaired) electrons. The third kappa shape index (κ3) is 1.92. The molecule has 18 heavy (non-hydrogen) atoms. The summed E-state index contributed by atoms with van der Waals surface area (Å²) in [5, 5.41) is 12.1. The van der Waals surface area contributed by atoms with Crippen molar-refractivity contribution in [2.75, 3.05) is 16.8 Å². The summed E-state index contributed by atoms with van der Waals surface area (Å²) < 4.78 is 0. The first-order valence-corrected chi connectivity index (χ1v) is 6.14. The van der Waals surface area contributed by atoms with Gasteiger partial charge >= 0.3 is 0 Å². The average Bonchev–Trinajstić information content (AvgIpc) is 2.35. The van der Waals surface area contributed by atoms with Crippen LogP contribution in [0, 0.1) is 25.2 Å². The number of rotatable bonds is 2. The molecule has 1 atom stereocenters. The minimum absolute atomic E-state index is 0.0187. The Bertz CT molecular complexity index is 531. The average molecular weight is 243 g/mol. The molecule has 0 aromatic heterocycles. The quantitative estimate of drug-likeness (QED) is 0.811. The van der Waals surface area contributed by atoms with Crippen LogP contribution in [0.5, 0.6) is 0 Å². The second-order valence-electron chi connectivity index (χ2n) is 4.64. The van der Waals surface area contributed by atoms with E-state index in [2.05, 4.69) is 11.4 Å². The van der Waals surface area contributed by atoms with E-state index in [0.717, 1.165) is 16.9 Å². The van der Waals surface area contributed by atoms with Gasteiger partial charge in [-0.3, -0.25) is 9.69 Å². The molecule has 1 aromatic rings. The van der Waals surface area contributed by atoms with Gasteiger partial charge in [-0.25, -0.2) is 0 Å². The Hall–Kier alpha value is -2.02. The lowest BCUT2D eigenvalue weighted by atomic mass is 10.0. The second kappa shape index (κ2) is 4.69. The van der Waals surface area contributed by atoms with Crippen LogP contribution in [0.4, 0.5) is 11.4 Å². The molecule has 1 aliphatic heterocycles. The largest absolute Gasteiger partial charge is 0.372 e. The van der Waals surface area contributed by atoms with Crippen molar-refractivity contribution in [1.82, 2.24) is 0 Å². The van der Waals surface area contributed by atoms with Crippen molar-refractivity contribution >= 4 is 17.3 Å². The van der Waals surface area contributed by atoms with E-state index in [1.165, 1.54) is 5.56 Å². The van der Waals surface area contributed by atoms with E-state index in [9.17, 15) is 4.79 Å². The van der Waals surface area contributed by atoms with Crippen LogP contribution in [-0.4, -0.2) is 18.5 Å². The normalized spacial score (nSPS) is 18.0. The van der Waals surface area contributed by atoms with Gasteiger partial charge in [0, 0.05) is 0 Å². The monoisotopic (exact) mass is 243 g/mol. The lowest BCUT2D eigenvalue weighted by Gasteiger charge is -2.34. The molecule has 1 N–H and O–H groups in total. The Balaban J connectivity index is 2.52. The van der Waals surface area contributed by atoms with Gasteiger partial charge in [-0.1, -0.05) is 6.92 Å². The predicted molar refractivity (Wildman–Crippen MR) is 71.6 cm³/mol. The van der Waals surface area contributed by atoms with Crippen LogP contribution < -0.4 is 10.2 Å². The number of nitriles is 1. The highest BCUT2D eigenvalue weighted by Gasteiger charge is 2.31. The van der Waals surface area contributed by atoms with E-state index in [-0.39, 0.29) is 18.5 Å². The molecule has 0 fully saturated rings. The number of carbonyl (C=O) groups is 1. The summed E-state index contributed by atoms with van der Waals surface area (Å²) in [5.74, 6) is -0.0187. The summed E-state index contributed by atoms with van der Waals surface area (Å²) >= 11 is 0. The van der Waals surface area contributed by atoms with Crippen LogP contribution in [0.2, 0.25) is 0 Å². The maximum absolute atomic E-state index is 12.2. The molecule has 1 heterocycles. The number of aryl methyl sites for hydroxylation is 2. The summed E-state index contributed by atoms with van der Waals surface area (Å²) in [6.45, 7) is 6.12. The molecule has 1 aromatic carbocycles. The van der Waals surface area contributed by atoms with Gasteiger partial charge in [-0.2, -0.15) is 5.26 Å². The fourth-order valence-electron chi connectivity index (χ4n) is 2.21. The Morgan fingerprint density at radius 1 is 1.39 bits per heavy atom. The molecule has 2 rings (SSSR count). The van der Waals surface area contributed by atoms with Gasteiger partial charge in [0.2, 0.25) is 5.91 Å². The third-order valence-corrected chi connectivity index (χ3v) is 3.43. The molecule has 4 nitrogen and oxygen atoms in total. The SMILES string of the molecule is CCC1Nc2cc(C)c(C)cc2N(CC#N)C1=O. The number of benzene rings is 1. The predicted octanol–water partition coefficient (Wildman–Crippen LogP) is 2.36. The number of anilines is 2. The molecular weight excluding hydrogens is 226 g/mol. The van der Waals surface area contributed by atoms with Crippen molar-refractivity contribution in [2.45, 2.75) is 33.2 Å². The molecule has 4 heteroatoms. The van der Waals surface area contributed by atoms with E-state index in [0.29, 0.717) is 6.42 Å². The van der Waals surface area contributed by atoms with Gasteiger partial charge < -0.3 is 5.32 Å². The van der Waals surface area contributed by atoms with Crippen LogP contribution in [0.25, 0.3) is 0 Å². The second-order valence-corrected chi connectivity index (χ2v) is 4.64. The number of carbonyl (C=O) groups excluding carboxylic acids is 1. The van der Waals surface area contributed by atoms with Crippen LogP contribution in [0.3, 0.4) is 0 Å². The van der Waals surface area contributed by atoms with Crippen molar-refractivity contribution in [3.63, 3.8) is 0 Å². The van der Waals surface area contributed by atoms with Crippen molar-refractivity contribution < 1.29 is 4.79 Å². The highest BCUT2D eigenvalue weighted by Crippen LogP contribution is 2.34. The number of fused-ring (bicyclic) bond motifs is 1. The van der Waals surface area contributed by atoms with E-state index in [1.807, 2.05) is 32.9 Å². The summed E-state index contributed by atoms with van der Waals surface area (Å²) in [4.78, 5) is 13.8. The van der Waals surface area contributed by atoms with Crippen LogP contribution in [0.1, 0.15) is 24.5 Å². The highest BCUT2D eigenvalue weighted by molar-refractivity contribution is 6.05. The topological polar surface area (TPSA) is 56.1 Å². The number of nitrogens with zero attached hydrogens (tertiary/aromatic N) is 2. The van der Waals surface area contributed by atoms with Gasteiger partial charge in [-0.05, 0) is 43.5 Å². The van der Waals surface area contributed by atoms with Crippen molar-refractivity contribution in [3.8, 4) is 6.07 Å². The van der Waals surface area contributed by atoms with Gasteiger partial charge in [0.25, 0.3) is 0 Å². The molecule has 0 bridgehead atoms. The molecule has 1 unspecified atom stereocenters. The first kappa shape index (κ1) is 12.4. The van der Waals surface area contributed by atoms with E-state index in [1.54, 1.807) is 4.90 Å². The third-order valence-electron chi connectivity index (χ3n) is 3.43. The van der Waals surface area contributed by atoms with E-state index < -0.39 is 0 Å². The first-order chi connectivity index (χ1) is 8.58. The van der Waals surface area contributed by atoms with Gasteiger partial charge in [0.15, 0.2) is 0 Å². The number of amides is 1. The fourth-order valence-corrected chi connectivity index (χ4v) is 2.21. The lowest BCUT2D eigenvalue weighted by Crippen LogP contribution is -2.47. The highest BCUT2D eigenvalue weighted by atomic mass is 16.2. The lowest BCUT2D eigenvalue weighted by molar-refractivity contribution is -0.119. The summed E-state index contributed by atoms with van der Waals surface area (Å²) in [6, 6.07) is 5.85. The molecule has 0 spiro atoms. The molecule has 1 aliphatic rings. The maximum Gasteiger partial charge on any atom is 0.250 e. The minimum Gasteiger partial charge on any atom is -0.372 e. The zero-order valence-corrected chi connectivity index (χ0v) is 10.9. The molecule has 94 valence electrons. The van der Waals surface area contributed by atoms with Crippen LogP contribution in [-0.2, 0) is 4.79 Å². The van der Waals surface area contributed by atoms with Crippen LogP contribution in [0.15, 0.2) is 12.1 Å². The molecule has 1 amide bonds. The van der Waals surface area contributed by atoms with E-state index >= 15 is 0 Å². The smallest absolute Gasteiger partial charge is 0.250 e. The maximum atomic E-state index is 12.2. The Morgan fingerprint density at radius 3 is 2.67 bits per heavy atom. The first-order valence-electron chi connectivity index (χ1n) is 6.14. The van der Waals surface area contributed by atoms with Gasteiger partial charge in [0.05, 0.1) is 17.4 Å². The summed E-state index contributed by atoms with van der Waals surface area (Å²) in [5.41, 5.74) is 4.07. The van der Waals surface area contributed by atoms with Gasteiger partial charge in [0.1, 0.15) is 12.6 Å². The van der Waals surface area contributed by atoms with Crippen LogP contribution >= 0.6 is 0 Å². The standard InChI is InChI=1S/C14H17N3O/c1-4-11-14(18)17(6-5-15)13-8-10(3)9(2)7-12(13)16-11/h7-8,11,16H,4,6H2,1-3H3. The van der Waals surface area contributed by atoms with Crippen molar-refractivity contribution in [2.24, 2.45) is 0 Å².